The Morgan fingerprint density at radius 3 is 2.00 bits per heavy atom. The minimum Gasteiger partial charge on any atom is -0.366 e. The number of rotatable bonds is 8. The molecule has 0 saturated heterocycles. The Morgan fingerprint density at radius 1 is 1.00 bits per heavy atom. The molecule has 0 unspecified atom stereocenters. The Labute approximate surface area is 92.9 Å². The fourth-order valence-electron chi connectivity index (χ4n) is 0.878. The first-order valence-electron chi connectivity index (χ1n) is 4.97. The van der Waals surface area contributed by atoms with Crippen LogP contribution in [0, 0.1) is 0 Å². The SMILES string of the molecule is CCC=CCO[Si](S)(OCC)OCC. The van der Waals surface area contributed by atoms with E-state index in [0.29, 0.717) is 19.8 Å². The van der Waals surface area contributed by atoms with E-state index in [4.69, 9.17) is 13.3 Å². The summed E-state index contributed by atoms with van der Waals surface area (Å²) in [4.78, 5) is 0. The predicted molar refractivity (Wildman–Crippen MR) is 63.4 cm³/mol. The molecule has 0 saturated carbocycles. The van der Waals surface area contributed by atoms with Gasteiger partial charge >= 0.3 is 7.95 Å². The molecule has 0 atom stereocenters. The van der Waals surface area contributed by atoms with E-state index >= 15 is 0 Å². The zero-order chi connectivity index (χ0) is 10.9. The maximum absolute atomic E-state index is 5.48. The van der Waals surface area contributed by atoms with Gasteiger partial charge in [0.05, 0.1) is 6.61 Å². The second-order valence-corrected chi connectivity index (χ2v) is 6.14. The van der Waals surface area contributed by atoms with Gasteiger partial charge in [-0.15, -0.1) is 12.1 Å². The van der Waals surface area contributed by atoms with Crippen LogP contribution in [0.25, 0.3) is 0 Å². The summed E-state index contributed by atoms with van der Waals surface area (Å²) >= 11 is 4.32. The van der Waals surface area contributed by atoms with E-state index in [1.807, 2.05) is 26.0 Å². The Kier molecular flexibility index (Phi) is 8.60. The monoisotopic (exact) mass is 236 g/mol. The molecule has 0 spiro atoms. The van der Waals surface area contributed by atoms with Crippen molar-refractivity contribution in [1.29, 1.82) is 0 Å². The number of thiol groups is 1. The fraction of sp³-hybridized carbons (Fsp3) is 0.778. The van der Waals surface area contributed by atoms with Crippen LogP contribution in [0.1, 0.15) is 27.2 Å². The molecule has 0 bridgehead atoms. The van der Waals surface area contributed by atoms with Crippen molar-refractivity contribution in [3.63, 3.8) is 0 Å². The van der Waals surface area contributed by atoms with Gasteiger partial charge in [0.2, 0.25) is 0 Å². The third kappa shape index (κ3) is 6.61. The molecule has 0 heterocycles. The zero-order valence-corrected chi connectivity index (χ0v) is 11.0. The average Bonchev–Trinajstić information content (AvgIpc) is 2.13. The van der Waals surface area contributed by atoms with E-state index in [9.17, 15) is 0 Å². The number of hydrogen-bond donors (Lipinski definition) is 1. The van der Waals surface area contributed by atoms with Crippen LogP contribution in [0.3, 0.4) is 0 Å². The lowest BCUT2D eigenvalue weighted by Crippen LogP contribution is -2.40. The quantitative estimate of drug-likeness (QED) is 0.398. The second-order valence-electron chi connectivity index (χ2n) is 2.58. The highest BCUT2D eigenvalue weighted by molar-refractivity contribution is 8.11. The van der Waals surface area contributed by atoms with Crippen LogP contribution in [0.4, 0.5) is 0 Å². The molecule has 84 valence electrons. The van der Waals surface area contributed by atoms with Gasteiger partial charge in [0.25, 0.3) is 0 Å². The normalized spacial score (nSPS) is 12.6. The standard InChI is InChI=1S/C9H20O3SSi/c1-4-7-8-9-12-14(13,10-5-2)11-6-3/h7-8,13H,4-6,9H2,1-3H3. The number of hydrogen-bond acceptors (Lipinski definition) is 4. The predicted octanol–water partition coefficient (Wildman–Crippen LogP) is 2.41. The zero-order valence-electron chi connectivity index (χ0n) is 9.16. The minimum absolute atomic E-state index is 0.504. The Morgan fingerprint density at radius 2 is 1.57 bits per heavy atom. The molecule has 3 nitrogen and oxygen atoms in total. The molecule has 0 aromatic rings. The van der Waals surface area contributed by atoms with Gasteiger partial charge in [-0.25, -0.2) is 0 Å². The van der Waals surface area contributed by atoms with Gasteiger partial charge in [-0.1, -0.05) is 19.1 Å². The van der Waals surface area contributed by atoms with Gasteiger partial charge in [0.15, 0.2) is 0 Å². The minimum atomic E-state index is -2.66. The first kappa shape index (κ1) is 14.2. The molecule has 0 aliphatic carbocycles. The van der Waals surface area contributed by atoms with Gasteiger partial charge in [0.1, 0.15) is 0 Å². The Bertz CT molecular complexity index is 158. The molecule has 0 radical (unpaired) electrons. The molecule has 0 aliphatic rings. The van der Waals surface area contributed by atoms with E-state index in [0.717, 1.165) is 6.42 Å². The highest BCUT2D eigenvalue weighted by Gasteiger charge is 2.36. The molecule has 0 N–H and O–H groups in total. The number of allylic oxidation sites excluding steroid dienone is 1. The summed E-state index contributed by atoms with van der Waals surface area (Å²) in [6, 6.07) is 0. The molecular formula is C9H20O3SSi. The van der Waals surface area contributed by atoms with Crippen LogP contribution in [-0.2, 0) is 13.3 Å². The van der Waals surface area contributed by atoms with Gasteiger partial charge < -0.3 is 13.3 Å². The average molecular weight is 236 g/mol. The van der Waals surface area contributed by atoms with Crippen LogP contribution in [0.2, 0.25) is 0 Å². The van der Waals surface area contributed by atoms with Crippen molar-refractivity contribution in [2.45, 2.75) is 27.2 Å². The Balaban J connectivity index is 3.88. The summed E-state index contributed by atoms with van der Waals surface area (Å²) in [5, 5.41) is 0. The molecule has 5 heteroatoms. The van der Waals surface area contributed by atoms with Crippen molar-refractivity contribution in [2.75, 3.05) is 19.8 Å². The van der Waals surface area contributed by atoms with Gasteiger partial charge in [-0.3, -0.25) is 0 Å². The largest absolute Gasteiger partial charge is 0.570 e. The van der Waals surface area contributed by atoms with Crippen LogP contribution < -0.4 is 0 Å². The highest BCUT2D eigenvalue weighted by atomic mass is 32.3. The van der Waals surface area contributed by atoms with E-state index in [2.05, 4.69) is 19.0 Å². The third-order valence-corrected chi connectivity index (χ3v) is 4.42. The molecular weight excluding hydrogens is 216 g/mol. The summed E-state index contributed by atoms with van der Waals surface area (Å²) in [5.74, 6) is 0. The smallest absolute Gasteiger partial charge is 0.366 e. The van der Waals surface area contributed by atoms with Crippen LogP contribution in [0.15, 0.2) is 12.2 Å². The van der Waals surface area contributed by atoms with E-state index < -0.39 is 7.95 Å². The molecule has 0 fully saturated rings. The van der Waals surface area contributed by atoms with Crippen LogP contribution >= 0.6 is 12.1 Å². The molecule has 0 aromatic heterocycles. The van der Waals surface area contributed by atoms with Gasteiger partial charge in [0, 0.05) is 13.2 Å². The van der Waals surface area contributed by atoms with Gasteiger partial charge in [-0.2, -0.15) is 0 Å². The second kappa shape index (κ2) is 8.49. The lowest BCUT2D eigenvalue weighted by Gasteiger charge is -2.22. The molecule has 0 aromatic carbocycles. The molecule has 14 heavy (non-hydrogen) atoms. The topological polar surface area (TPSA) is 27.7 Å². The Hall–Kier alpha value is 0.187. The summed E-state index contributed by atoms with van der Waals surface area (Å²) in [6.45, 7) is 7.52. The molecule has 0 rings (SSSR count). The van der Waals surface area contributed by atoms with Crippen LogP contribution in [0.5, 0.6) is 0 Å². The van der Waals surface area contributed by atoms with E-state index in [1.54, 1.807) is 0 Å². The maximum atomic E-state index is 5.48. The van der Waals surface area contributed by atoms with Crippen LogP contribution in [-0.4, -0.2) is 27.8 Å². The lowest BCUT2D eigenvalue weighted by molar-refractivity contribution is 0.102. The van der Waals surface area contributed by atoms with Gasteiger partial charge in [-0.05, 0) is 20.3 Å². The van der Waals surface area contributed by atoms with Crippen molar-refractivity contribution in [3.05, 3.63) is 12.2 Å². The van der Waals surface area contributed by atoms with Crippen molar-refractivity contribution in [3.8, 4) is 0 Å². The van der Waals surface area contributed by atoms with Crippen molar-refractivity contribution in [1.82, 2.24) is 0 Å². The summed E-state index contributed by atoms with van der Waals surface area (Å²) in [6.07, 6.45) is 5.00. The van der Waals surface area contributed by atoms with E-state index in [-0.39, 0.29) is 0 Å². The summed E-state index contributed by atoms with van der Waals surface area (Å²) < 4.78 is 16.2. The summed E-state index contributed by atoms with van der Waals surface area (Å²) in [5.41, 5.74) is 0. The lowest BCUT2D eigenvalue weighted by atomic mass is 10.4. The highest BCUT2D eigenvalue weighted by Crippen LogP contribution is 2.13. The molecule has 0 amide bonds. The maximum Gasteiger partial charge on any atom is 0.570 e. The fourth-order valence-corrected chi connectivity index (χ4v) is 3.16. The van der Waals surface area contributed by atoms with Crippen molar-refractivity contribution in [2.24, 2.45) is 0 Å². The first-order chi connectivity index (χ1) is 6.68. The first-order valence-corrected chi connectivity index (χ1v) is 7.99. The van der Waals surface area contributed by atoms with Crippen molar-refractivity contribution < 1.29 is 13.3 Å². The molecule has 0 aliphatic heterocycles. The van der Waals surface area contributed by atoms with E-state index in [1.165, 1.54) is 0 Å². The third-order valence-electron chi connectivity index (χ3n) is 1.42. The summed E-state index contributed by atoms with van der Waals surface area (Å²) in [7, 11) is -2.66. The van der Waals surface area contributed by atoms with Crippen molar-refractivity contribution >= 4 is 20.0 Å².